The Balaban J connectivity index is 1.74. The molecule has 0 saturated carbocycles. The summed E-state index contributed by atoms with van der Waals surface area (Å²) in [7, 11) is 0. The molecule has 0 N–H and O–H groups in total. The van der Waals surface area contributed by atoms with Gasteiger partial charge in [0.1, 0.15) is 6.33 Å². The molecule has 0 bridgehead atoms. The third kappa shape index (κ3) is 2.48. The number of thioether (sulfide) groups is 1. The first-order valence-electron chi connectivity index (χ1n) is 6.17. The molecular weight excluding hydrogens is 290 g/mol. The van der Waals surface area contributed by atoms with E-state index in [4.69, 9.17) is 0 Å². The normalized spacial score (nSPS) is 11.1. The van der Waals surface area contributed by atoms with Crippen molar-refractivity contribution < 1.29 is 4.79 Å². The van der Waals surface area contributed by atoms with Gasteiger partial charge in [-0.1, -0.05) is 29.0 Å². The second-order valence-electron chi connectivity index (χ2n) is 4.50. The smallest absolute Gasteiger partial charge is 0.212 e. The molecule has 0 aliphatic carbocycles. The van der Waals surface area contributed by atoms with E-state index in [1.807, 2.05) is 19.1 Å². The molecule has 102 valence electrons. The van der Waals surface area contributed by atoms with Crippen molar-refractivity contribution >= 4 is 33.8 Å². The number of rotatable bonds is 4. The van der Waals surface area contributed by atoms with Crippen molar-refractivity contribution in [2.75, 3.05) is 5.75 Å². The number of aryl methyl sites for hydroxylation is 2. The van der Waals surface area contributed by atoms with Crippen LogP contribution in [0.1, 0.15) is 20.9 Å². The molecular formula is C14H13N3OS2. The monoisotopic (exact) mass is 303 g/mol. The van der Waals surface area contributed by atoms with Gasteiger partial charge in [0.2, 0.25) is 4.96 Å². The molecule has 0 amide bonds. The minimum Gasteiger partial charge on any atom is -0.292 e. The molecule has 0 spiro atoms. The van der Waals surface area contributed by atoms with Gasteiger partial charge in [-0.3, -0.25) is 4.79 Å². The fourth-order valence-corrected chi connectivity index (χ4v) is 3.73. The Bertz CT molecular complexity index is 758. The van der Waals surface area contributed by atoms with E-state index < -0.39 is 0 Å². The second-order valence-corrected chi connectivity index (χ2v) is 6.52. The van der Waals surface area contributed by atoms with Crippen LogP contribution in [0.2, 0.25) is 0 Å². The molecule has 0 fully saturated rings. The van der Waals surface area contributed by atoms with E-state index in [0.29, 0.717) is 5.75 Å². The topological polar surface area (TPSA) is 47.3 Å². The maximum absolute atomic E-state index is 12.3. The molecule has 2 aromatic heterocycles. The molecule has 1 aromatic carbocycles. The number of carbonyl (C=O) groups excluding carboxylic acids is 1. The van der Waals surface area contributed by atoms with E-state index in [-0.39, 0.29) is 5.78 Å². The van der Waals surface area contributed by atoms with Gasteiger partial charge in [0.15, 0.2) is 5.78 Å². The first-order chi connectivity index (χ1) is 9.65. The molecule has 0 aliphatic heterocycles. The summed E-state index contributed by atoms with van der Waals surface area (Å²) in [5.41, 5.74) is 2.10. The van der Waals surface area contributed by atoms with Crippen LogP contribution in [-0.2, 0) is 0 Å². The molecule has 20 heavy (non-hydrogen) atoms. The van der Waals surface area contributed by atoms with Crippen molar-refractivity contribution in [1.82, 2.24) is 14.6 Å². The summed E-state index contributed by atoms with van der Waals surface area (Å²) in [4.78, 5) is 19.0. The highest BCUT2D eigenvalue weighted by atomic mass is 32.2. The van der Waals surface area contributed by atoms with Gasteiger partial charge in [-0.2, -0.15) is 5.10 Å². The first-order valence-corrected chi connectivity index (χ1v) is 7.97. The average Bonchev–Trinajstić information content (AvgIpc) is 3.01. The Morgan fingerprint density at radius 1 is 1.30 bits per heavy atom. The second kappa shape index (κ2) is 5.38. The molecule has 3 rings (SSSR count). The van der Waals surface area contributed by atoms with Gasteiger partial charge in [-0.15, -0.1) is 11.8 Å². The third-order valence-corrected chi connectivity index (χ3v) is 5.20. The van der Waals surface area contributed by atoms with Crippen LogP contribution < -0.4 is 0 Å². The van der Waals surface area contributed by atoms with Gasteiger partial charge in [0.25, 0.3) is 0 Å². The Morgan fingerprint density at radius 2 is 2.05 bits per heavy atom. The van der Waals surface area contributed by atoms with Crippen LogP contribution in [0.25, 0.3) is 4.96 Å². The van der Waals surface area contributed by atoms with E-state index in [0.717, 1.165) is 20.4 Å². The van der Waals surface area contributed by atoms with E-state index >= 15 is 0 Å². The summed E-state index contributed by atoms with van der Waals surface area (Å²) < 4.78 is 1.72. The molecule has 4 nitrogen and oxygen atoms in total. The largest absolute Gasteiger partial charge is 0.292 e. The van der Waals surface area contributed by atoms with Gasteiger partial charge in [0.05, 0.1) is 16.3 Å². The molecule has 3 aromatic rings. The summed E-state index contributed by atoms with van der Waals surface area (Å²) in [6.45, 7) is 3.96. The number of Topliss-reactive ketones (excluding diaryl/α,β-unsaturated/α-hetero) is 1. The number of aromatic nitrogens is 3. The van der Waals surface area contributed by atoms with Crippen LogP contribution in [0.5, 0.6) is 0 Å². The SMILES string of the molecule is Cc1ccc(SCC(=O)c2sc3ncnn3c2C)cc1. The van der Waals surface area contributed by atoms with Gasteiger partial charge in [0, 0.05) is 4.90 Å². The predicted octanol–water partition coefficient (Wildman–Crippen LogP) is 3.38. The molecule has 0 aliphatic rings. The zero-order chi connectivity index (χ0) is 14.1. The standard InChI is InChI=1S/C14H13N3OS2/c1-9-3-5-11(6-4-9)19-7-12(18)13-10(2)17-14(20-13)15-8-16-17/h3-6,8H,7H2,1-2H3. The quantitative estimate of drug-likeness (QED) is 0.547. The number of carbonyl (C=O) groups is 1. The van der Waals surface area contributed by atoms with Gasteiger partial charge in [-0.25, -0.2) is 9.50 Å². The van der Waals surface area contributed by atoms with Crippen LogP contribution >= 0.6 is 23.1 Å². The maximum atomic E-state index is 12.3. The highest BCUT2D eigenvalue weighted by molar-refractivity contribution is 8.00. The number of ketones is 1. The van der Waals surface area contributed by atoms with Crippen LogP contribution in [0.3, 0.4) is 0 Å². The zero-order valence-electron chi connectivity index (χ0n) is 11.2. The minimum atomic E-state index is 0.130. The van der Waals surface area contributed by atoms with Crippen molar-refractivity contribution in [3.05, 3.63) is 46.7 Å². The van der Waals surface area contributed by atoms with Crippen LogP contribution in [0.15, 0.2) is 35.5 Å². The van der Waals surface area contributed by atoms with Crippen LogP contribution in [-0.4, -0.2) is 26.1 Å². The predicted molar refractivity (Wildman–Crippen MR) is 81.8 cm³/mol. The Morgan fingerprint density at radius 3 is 2.75 bits per heavy atom. The number of thiazole rings is 1. The van der Waals surface area contributed by atoms with E-state index in [1.54, 1.807) is 16.3 Å². The summed E-state index contributed by atoms with van der Waals surface area (Å²) in [5.74, 6) is 0.568. The van der Waals surface area contributed by atoms with Gasteiger partial charge >= 0.3 is 0 Å². The Kier molecular flexibility index (Phi) is 3.58. The number of hydrogen-bond donors (Lipinski definition) is 0. The van der Waals surface area contributed by atoms with Gasteiger partial charge < -0.3 is 0 Å². The summed E-state index contributed by atoms with van der Waals surface area (Å²) >= 11 is 2.96. The Hall–Kier alpha value is -1.66. The molecule has 6 heteroatoms. The van der Waals surface area contributed by atoms with E-state index in [2.05, 4.69) is 29.1 Å². The highest BCUT2D eigenvalue weighted by Crippen LogP contribution is 2.25. The zero-order valence-corrected chi connectivity index (χ0v) is 12.8. The van der Waals surface area contributed by atoms with Crippen LogP contribution in [0.4, 0.5) is 0 Å². The lowest BCUT2D eigenvalue weighted by Crippen LogP contribution is -2.03. The number of fused-ring (bicyclic) bond motifs is 1. The van der Waals surface area contributed by atoms with Crippen molar-refractivity contribution in [3.8, 4) is 0 Å². The first kappa shape index (κ1) is 13.3. The fourth-order valence-electron chi connectivity index (χ4n) is 1.90. The molecule has 0 atom stereocenters. The van der Waals surface area contributed by atoms with Crippen LogP contribution in [0, 0.1) is 13.8 Å². The third-order valence-electron chi connectivity index (χ3n) is 3.00. The van der Waals surface area contributed by atoms with Gasteiger partial charge in [-0.05, 0) is 26.0 Å². The van der Waals surface area contributed by atoms with E-state index in [9.17, 15) is 4.79 Å². The number of hydrogen-bond acceptors (Lipinski definition) is 5. The lowest BCUT2D eigenvalue weighted by atomic mass is 10.2. The number of benzene rings is 1. The van der Waals surface area contributed by atoms with Crippen molar-refractivity contribution in [2.24, 2.45) is 0 Å². The minimum absolute atomic E-state index is 0.130. The van der Waals surface area contributed by atoms with Crippen molar-refractivity contribution in [1.29, 1.82) is 0 Å². The summed E-state index contributed by atoms with van der Waals surface area (Å²) in [6.07, 6.45) is 1.51. The van der Waals surface area contributed by atoms with E-state index in [1.165, 1.54) is 23.2 Å². The number of nitrogens with zero attached hydrogens (tertiary/aromatic N) is 3. The lowest BCUT2D eigenvalue weighted by molar-refractivity contribution is 0.102. The average molecular weight is 303 g/mol. The fraction of sp³-hybridized carbons (Fsp3) is 0.214. The summed E-state index contributed by atoms with van der Waals surface area (Å²) in [5, 5.41) is 4.11. The molecule has 0 saturated heterocycles. The molecule has 0 radical (unpaired) electrons. The Labute approximate surface area is 124 Å². The van der Waals surface area contributed by atoms with Crippen molar-refractivity contribution in [3.63, 3.8) is 0 Å². The molecule has 2 heterocycles. The van der Waals surface area contributed by atoms with Crippen molar-refractivity contribution in [2.45, 2.75) is 18.7 Å². The molecule has 0 unspecified atom stereocenters. The lowest BCUT2D eigenvalue weighted by Gasteiger charge is -2.01. The summed E-state index contributed by atoms with van der Waals surface area (Å²) in [6, 6.07) is 8.20. The highest BCUT2D eigenvalue weighted by Gasteiger charge is 2.17. The maximum Gasteiger partial charge on any atom is 0.212 e.